The molecule has 1 amide bonds. The molecule has 1 N–H and O–H groups in total. The number of fused-ring (bicyclic) bond motifs is 1. The van der Waals surface area contributed by atoms with E-state index in [1.54, 1.807) is 0 Å². The van der Waals surface area contributed by atoms with E-state index in [-0.39, 0.29) is 18.6 Å². The van der Waals surface area contributed by atoms with Crippen LogP contribution in [0.2, 0.25) is 0 Å². The molecule has 1 aliphatic carbocycles. The van der Waals surface area contributed by atoms with E-state index < -0.39 is 5.97 Å². The quantitative estimate of drug-likeness (QED) is 0.604. The summed E-state index contributed by atoms with van der Waals surface area (Å²) in [4.78, 5) is 29.8. The number of hydrogen-bond acceptors (Lipinski definition) is 4. The number of benzene rings is 2. The molecule has 0 spiro atoms. The summed E-state index contributed by atoms with van der Waals surface area (Å²) in [6, 6.07) is 15.3. The van der Waals surface area contributed by atoms with Crippen molar-refractivity contribution in [3.63, 3.8) is 0 Å². The van der Waals surface area contributed by atoms with E-state index in [1.165, 1.54) is 11.1 Å². The van der Waals surface area contributed by atoms with Crippen molar-refractivity contribution < 1.29 is 14.3 Å². The van der Waals surface area contributed by atoms with Crippen molar-refractivity contribution in [2.24, 2.45) is 0 Å². The highest BCUT2D eigenvalue weighted by Gasteiger charge is 2.27. The SMILES string of the molecule is Cc1ccc(C(C)NC(=O)COC(=O)c2cc(C3CC3)nc3ccccc23)cc1C. The molecule has 5 nitrogen and oxygen atoms in total. The van der Waals surface area contributed by atoms with Crippen molar-refractivity contribution in [1.82, 2.24) is 10.3 Å². The molecular weight excluding hydrogens is 376 g/mol. The molecule has 1 saturated carbocycles. The Morgan fingerprint density at radius 2 is 1.87 bits per heavy atom. The Hall–Kier alpha value is -3.21. The molecule has 0 aliphatic heterocycles. The van der Waals surface area contributed by atoms with Gasteiger partial charge in [-0.1, -0.05) is 36.4 Å². The largest absolute Gasteiger partial charge is 0.452 e. The van der Waals surface area contributed by atoms with Crippen LogP contribution in [0.15, 0.2) is 48.5 Å². The third-order valence-electron chi connectivity index (χ3n) is 5.69. The normalized spacial score (nSPS) is 14.4. The van der Waals surface area contributed by atoms with Crippen molar-refractivity contribution in [2.45, 2.75) is 45.6 Å². The van der Waals surface area contributed by atoms with Crippen LogP contribution in [-0.2, 0) is 9.53 Å². The summed E-state index contributed by atoms with van der Waals surface area (Å²) in [5, 5.41) is 3.64. The Labute approximate surface area is 176 Å². The second kappa shape index (κ2) is 8.27. The number of aryl methyl sites for hydroxylation is 2. The Balaban J connectivity index is 1.43. The number of ether oxygens (including phenoxy) is 1. The van der Waals surface area contributed by atoms with Gasteiger partial charge < -0.3 is 10.1 Å². The highest BCUT2D eigenvalue weighted by atomic mass is 16.5. The van der Waals surface area contributed by atoms with Crippen LogP contribution in [0.1, 0.15) is 64.5 Å². The molecule has 2 aromatic carbocycles. The lowest BCUT2D eigenvalue weighted by Gasteiger charge is -2.16. The molecule has 0 radical (unpaired) electrons. The van der Waals surface area contributed by atoms with E-state index in [0.717, 1.165) is 35.0 Å². The fourth-order valence-corrected chi connectivity index (χ4v) is 3.56. The van der Waals surface area contributed by atoms with Crippen LogP contribution in [-0.4, -0.2) is 23.5 Å². The zero-order chi connectivity index (χ0) is 21.3. The van der Waals surface area contributed by atoms with Gasteiger partial charge in [-0.3, -0.25) is 9.78 Å². The van der Waals surface area contributed by atoms with Crippen LogP contribution in [0.25, 0.3) is 10.9 Å². The summed E-state index contributed by atoms with van der Waals surface area (Å²) in [6.07, 6.45) is 2.19. The molecule has 0 bridgehead atoms. The number of carbonyl (C=O) groups excluding carboxylic acids is 2. The zero-order valence-electron chi connectivity index (χ0n) is 17.6. The molecule has 1 aliphatic rings. The average Bonchev–Trinajstić information content (AvgIpc) is 3.58. The summed E-state index contributed by atoms with van der Waals surface area (Å²) in [5.41, 5.74) is 5.58. The molecular formula is C25H26N2O3. The van der Waals surface area contributed by atoms with E-state index in [0.29, 0.717) is 11.5 Å². The number of aromatic nitrogens is 1. The molecule has 1 heterocycles. The third-order valence-corrected chi connectivity index (χ3v) is 5.69. The van der Waals surface area contributed by atoms with Gasteiger partial charge in [-0.05, 0) is 62.4 Å². The molecule has 4 rings (SSSR count). The monoisotopic (exact) mass is 402 g/mol. The van der Waals surface area contributed by atoms with Crippen molar-refractivity contribution in [3.8, 4) is 0 Å². The fourth-order valence-electron chi connectivity index (χ4n) is 3.56. The first-order valence-corrected chi connectivity index (χ1v) is 10.4. The van der Waals surface area contributed by atoms with Crippen molar-refractivity contribution in [1.29, 1.82) is 0 Å². The van der Waals surface area contributed by atoms with Crippen LogP contribution < -0.4 is 5.32 Å². The van der Waals surface area contributed by atoms with Gasteiger partial charge in [0.15, 0.2) is 6.61 Å². The van der Waals surface area contributed by atoms with Gasteiger partial charge in [0.1, 0.15) is 0 Å². The van der Waals surface area contributed by atoms with Crippen LogP contribution in [0.5, 0.6) is 0 Å². The van der Waals surface area contributed by atoms with E-state index in [2.05, 4.69) is 23.3 Å². The number of para-hydroxylation sites is 1. The molecule has 3 aromatic rings. The first kappa shape index (κ1) is 20.1. The van der Waals surface area contributed by atoms with Crippen LogP contribution in [0.4, 0.5) is 0 Å². The van der Waals surface area contributed by atoms with Gasteiger partial charge in [0, 0.05) is 17.0 Å². The van der Waals surface area contributed by atoms with Gasteiger partial charge in [-0.2, -0.15) is 0 Å². The Morgan fingerprint density at radius 1 is 1.10 bits per heavy atom. The van der Waals surface area contributed by atoms with Gasteiger partial charge in [0.25, 0.3) is 5.91 Å². The maximum absolute atomic E-state index is 12.8. The van der Waals surface area contributed by atoms with Gasteiger partial charge in [0.2, 0.25) is 0 Å². The lowest BCUT2D eigenvalue weighted by molar-refractivity contribution is -0.124. The first-order chi connectivity index (χ1) is 14.4. The van der Waals surface area contributed by atoms with Crippen LogP contribution >= 0.6 is 0 Å². The predicted molar refractivity (Wildman–Crippen MR) is 116 cm³/mol. The Kier molecular flexibility index (Phi) is 5.53. The summed E-state index contributed by atoms with van der Waals surface area (Å²) in [7, 11) is 0. The fraction of sp³-hybridized carbons (Fsp3) is 0.320. The minimum absolute atomic E-state index is 0.168. The van der Waals surface area contributed by atoms with E-state index >= 15 is 0 Å². The van der Waals surface area contributed by atoms with Crippen molar-refractivity contribution >= 4 is 22.8 Å². The lowest BCUT2D eigenvalue weighted by atomic mass is 10.0. The molecule has 0 saturated heterocycles. The summed E-state index contributed by atoms with van der Waals surface area (Å²) >= 11 is 0. The van der Waals surface area contributed by atoms with Gasteiger partial charge in [-0.15, -0.1) is 0 Å². The number of nitrogens with one attached hydrogen (secondary N) is 1. The summed E-state index contributed by atoms with van der Waals surface area (Å²) in [5.74, 6) is -0.400. The molecule has 5 heteroatoms. The molecule has 30 heavy (non-hydrogen) atoms. The van der Waals surface area contributed by atoms with Gasteiger partial charge >= 0.3 is 5.97 Å². The molecule has 154 valence electrons. The Bertz CT molecular complexity index is 1120. The maximum atomic E-state index is 12.8. The summed E-state index contributed by atoms with van der Waals surface area (Å²) < 4.78 is 5.35. The van der Waals surface area contributed by atoms with Crippen molar-refractivity contribution in [3.05, 3.63) is 76.5 Å². The lowest BCUT2D eigenvalue weighted by Crippen LogP contribution is -2.31. The predicted octanol–water partition coefficient (Wildman–Crippen LogP) is 4.76. The number of carbonyl (C=O) groups is 2. The maximum Gasteiger partial charge on any atom is 0.339 e. The topological polar surface area (TPSA) is 68.3 Å². The number of amides is 1. The zero-order valence-corrected chi connectivity index (χ0v) is 17.6. The average molecular weight is 402 g/mol. The number of rotatable bonds is 6. The van der Waals surface area contributed by atoms with Gasteiger partial charge in [-0.25, -0.2) is 4.79 Å². The molecule has 1 atom stereocenters. The minimum Gasteiger partial charge on any atom is -0.452 e. The molecule has 1 fully saturated rings. The van der Waals surface area contributed by atoms with Gasteiger partial charge in [0.05, 0.1) is 17.1 Å². The van der Waals surface area contributed by atoms with Crippen LogP contribution in [0, 0.1) is 13.8 Å². The third kappa shape index (κ3) is 4.35. The Morgan fingerprint density at radius 3 is 2.60 bits per heavy atom. The van der Waals surface area contributed by atoms with Crippen LogP contribution in [0.3, 0.4) is 0 Å². The first-order valence-electron chi connectivity index (χ1n) is 10.4. The molecule has 1 aromatic heterocycles. The van der Waals surface area contributed by atoms with E-state index in [9.17, 15) is 9.59 Å². The smallest absolute Gasteiger partial charge is 0.339 e. The van der Waals surface area contributed by atoms with E-state index in [4.69, 9.17) is 4.74 Å². The number of nitrogens with zero attached hydrogens (tertiary/aromatic N) is 1. The summed E-state index contributed by atoms with van der Waals surface area (Å²) in [6.45, 7) is 5.70. The van der Waals surface area contributed by atoms with E-state index in [1.807, 2.05) is 56.3 Å². The minimum atomic E-state index is -0.496. The highest BCUT2D eigenvalue weighted by Crippen LogP contribution is 2.40. The number of pyridine rings is 1. The van der Waals surface area contributed by atoms with Crippen molar-refractivity contribution in [2.75, 3.05) is 6.61 Å². The number of esters is 1. The number of hydrogen-bond donors (Lipinski definition) is 1. The highest BCUT2D eigenvalue weighted by molar-refractivity contribution is 6.04. The second-order valence-electron chi connectivity index (χ2n) is 8.10. The standard InChI is InChI=1S/C25H26N2O3/c1-15-8-9-19(12-16(15)2)17(3)26-24(28)14-30-25(29)21-13-23(18-10-11-18)27-22-7-5-4-6-20(21)22/h4-9,12-13,17-18H,10-11,14H2,1-3H3,(H,26,28). The molecule has 1 unspecified atom stereocenters. The second-order valence-corrected chi connectivity index (χ2v) is 8.10.